The smallest absolute Gasteiger partial charge is 0.220 e. The lowest BCUT2D eigenvalue weighted by Gasteiger charge is -2.20. The highest BCUT2D eigenvalue weighted by Gasteiger charge is 2.24. The zero-order valence-electron chi connectivity index (χ0n) is 19.2. The summed E-state index contributed by atoms with van der Waals surface area (Å²) < 4.78 is 27.5. The van der Waals surface area contributed by atoms with Gasteiger partial charge in [0, 0.05) is 30.9 Å². The van der Waals surface area contributed by atoms with E-state index in [1.807, 2.05) is 49.0 Å². The van der Waals surface area contributed by atoms with Crippen molar-refractivity contribution in [3.63, 3.8) is 0 Å². The standard InChI is InChI=1S/C25H25FN6O2/c1-16-12-32(15-28-16)20-11-27-24(10-21(20)33-3)29-23-8-7-18-13-31(2)14-22(34-25(18)30-23)17-5-4-6-19(26)9-17/h4-12,15,22H,13-14H2,1-3H3,(H,27,29,30). The molecule has 4 aromatic rings. The van der Waals surface area contributed by atoms with Crippen molar-refractivity contribution in [1.29, 1.82) is 0 Å². The number of rotatable bonds is 5. The van der Waals surface area contributed by atoms with Gasteiger partial charge in [-0.1, -0.05) is 12.1 Å². The van der Waals surface area contributed by atoms with Gasteiger partial charge in [-0.25, -0.2) is 14.4 Å². The summed E-state index contributed by atoms with van der Waals surface area (Å²) in [6.07, 6.45) is 5.02. The van der Waals surface area contributed by atoms with Crippen LogP contribution in [0.1, 0.15) is 22.9 Å². The van der Waals surface area contributed by atoms with E-state index in [-0.39, 0.29) is 11.9 Å². The minimum atomic E-state index is -0.333. The number of nitrogens with one attached hydrogen (secondary N) is 1. The number of aromatic nitrogens is 4. The number of ether oxygens (including phenoxy) is 2. The Bertz CT molecular complexity index is 1320. The summed E-state index contributed by atoms with van der Waals surface area (Å²) >= 11 is 0. The van der Waals surface area contributed by atoms with Crippen LogP contribution in [0, 0.1) is 12.7 Å². The first-order valence-corrected chi connectivity index (χ1v) is 10.9. The minimum absolute atomic E-state index is 0.286. The summed E-state index contributed by atoms with van der Waals surface area (Å²) in [6, 6.07) is 12.2. The molecule has 1 aliphatic heterocycles. The summed E-state index contributed by atoms with van der Waals surface area (Å²) in [5, 5.41) is 3.23. The molecule has 0 radical (unpaired) electrons. The van der Waals surface area contributed by atoms with E-state index < -0.39 is 0 Å². The van der Waals surface area contributed by atoms with Gasteiger partial charge in [0.05, 0.1) is 25.3 Å². The number of imidazole rings is 1. The maximum Gasteiger partial charge on any atom is 0.220 e. The molecule has 1 aromatic carbocycles. The Morgan fingerprint density at radius 1 is 1.15 bits per heavy atom. The monoisotopic (exact) mass is 460 g/mol. The molecule has 0 amide bonds. The molecule has 8 nitrogen and oxygen atoms in total. The number of hydrogen-bond acceptors (Lipinski definition) is 7. The summed E-state index contributed by atoms with van der Waals surface area (Å²) in [4.78, 5) is 15.6. The lowest BCUT2D eigenvalue weighted by atomic mass is 10.1. The molecule has 0 fully saturated rings. The van der Waals surface area contributed by atoms with Gasteiger partial charge in [-0.3, -0.25) is 4.90 Å². The zero-order chi connectivity index (χ0) is 23.7. The van der Waals surface area contributed by atoms with E-state index in [1.54, 1.807) is 25.7 Å². The molecule has 0 spiro atoms. The van der Waals surface area contributed by atoms with Crippen LogP contribution in [-0.4, -0.2) is 45.1 Å². The van der Waals surface area contributed by atoms with Crippen LogP contribution >= 0.6 is 0 Å². The topological polar surface area (TPSA) is 77.3 Å². The highest BCUT2D eigenvalue weighted by atomic mass is 19.1. The van der Waals surface area contributed by atoms with Gasteiger partial charge < -0.3 is 19.4 Å². The van der Waals surface area contributed by atoms with Gasteiger partial charge in [-0.05, 0) is 43.8 Å². The number of methoxy groups -OCH3 is 1. The van der Waals surface area contributed by atoms with Crippen LogP contribution in [0.25, 0.3) is 5.69 Å². The van der Waals surface area contributed by atoms with Gasteiger partial charge in [-0.2, -0.15) is 4.98 Å². The van der Waals surface area contributed by atoms with Gasteiger partial charge in [0.25, 0.3) is 0 Å². The number of aryl methyl sites for hydroxylation is 1. The Morgan fingerprint density at radius 2 is 2.03 bits per heavy atom. The van der Waals surface area contributed by atoms with Gasteiger partial charge in [0.15, 0.2) is 0 Å². The van der Waals surface area contributed by atoms with Crippen LogP contribution in [0.5, 0.6) is 11.6 Å². The Kier molecular flexibility index (Phi) is 5.85. The zero-order valence-corrected chi connectivity index (χ0v) is 19.2. The fraction of sp³-hybridized carbons (Fsp3) is 0.240. The van der Waals surface area contributed by atoms with Crippen LogP contribution in [0.3, 0.4) is 0 Å². The molecule has 1 N–H and O–H groups in total. The second-order valence-electron chi connectivity index (χ2n) is 8.31. The molecule has 9 heteroatoms. The Balaban J connectivity index is 1.41. The first-order chi connectivity index (χ1) is 16.5. The molecule has 1 atom stereocenters. The second kappa shape index (κ2) is 9.11. The minimum Gasteiger partial charge on any atom is -0.494 e. The number of pyridine rings is 2. The highest BCUT2D eigenvalue weighted by molar-refractivity contribution is 5.59. The fourth-order valence-electron chi connectivity index (χ4n) is 3.99. The van der Waals surface area contributed by atoms with Gasteiger partial charge in [-0.15, -0.1) is 0 Å². The predicted octanol–water partition coefficient (Wildman–Crippen LogP) is 4.43. The third-order valence-electron chi connectivity index (χ3n) is 5.64. The van der Waals surface area contributed by atoms with Gasteiger partial charge >= 0.3 is 0 Å². The number of nitrogens with zero attached hydrogens (tertiary/aromatic N) is 5. The molecule has 5 rings (SSSR count). The molecule has 0 saturated heterocycles. The average molecular weight is 461 g/mol. The summed E-state index contributed by atoms with van der Waals surface area (Å²) in [7, 11) is 3.63. The molecule has 0 saturated carbocycles. The van der Waals surface area contributed by atoms with Crippen molar-refractivity contribution in [2.45, 2.75) is 19.6 Å². The number of likely N-dealkylation sites (N-methyl/N-ethyl adjacent to an activating group) is 1. The van der Waals surface area contributed by atoms with Crippen LogP contribution < -0.4 is 14.8 Å². The SMILES string of the molecule is COc1cc(Nc2ccc3c(n2)OC(c2cccc(F)c2)CN(C)C3)ncc1-n1cnc(C)c1. The van der Waals surface area contributed by atoms with Crippen LogP contribution in [0.2, 0.25) is 0 Å². The van der Waals surface area contributed by atoms with Gasteiger partial charge in [0.1, 0.15) is 35.0 Å². The van der Waals surface area contributed by atoms with E-state index in [2.05, 4.69) is 20.2 Å². The summed E-state index contributed by atoms with van der Waals surface area (Å²) in [6.45, 7) is 3.23. The van der Waals surface area contributed by atoms with E-state index in [0.29, 0.717) is 36.4 Å². The third kappa shape index (κ3) is 4.55. The number of benzene rings is 1. The molecule has 1 unspecified atom stereocenters. The second-order valence-corrected chi connectivity index (χ2v) is 8.31. The lowest BCUT2D eigenvalue weighted by Crippen LogP contribution is -2.24. The normalized spacial score (nSPS) is 15.8. The number of halogens is 1. The molecule has 3 aromatic heterocycles. The van der Waals surface area contributed by atoms with Crippen LogP contribution in [-0.2, 0) is 6.54 Å². The van der Waals surface area contributed by atoms with E-state index in [4.69, 9.17) is 14.5 Å². The first kappa shape index (κ1) is 21.8. The average Bonchev–Trinajstić information content (AvgIpc) is 3.18. The van der Waals surface area contributed by atoms with Crippen molar-refractivity contribution < 1.29 is 13.9 Å². The van der Waals surface area contributed by atoms with E-state index in [1.165, 1.54) is 12.1 Å². The van der Waals surface area contributed by atoms with Crippen LogP contribution in [0.15, 0.2) is 61.2 Å². The lowest BCUT2D eigenvalue weighted by molar-refractivity contribution is 0.159. The number of anilines is 2. The quantitative estimate of drug-likeness (QED) is 0.472. The number of hydrogen-bond donors (Lipinski definition) is 1. The van der Waals surface area contributed by atoms with E-state index >= 15 is 0 Å². The third-order valence-corrected chi connectivity index (χ3v) is 5.64. The Hall–Kier alpha value is -3.98. The summed E-state index contributed by atoms with van der Waals surface area (Å²) in [5.74, 6) is 2.04. The van der Waals surface area contributed by atoms with Crippen molar-refractivity contribution in [3.8, 4) is 17.3 Å². The van der Waals surface area contributed by atoms with Crippen molar-refractivity contribution in [2.75, 3.05) is 26.0 Å². The Labute approximate surface area is 197 Å². The Morgan fingerprint density at radius 3 is 2.79 bits per heavy atom. The molecule has 1 aliphatic rings. The van der Waals surface area contributed by atoms with Crippen molar-refractivity contribution in [3.05, 3.63) is 83.8 Å². The highest BCUT2D eigenvalue weighted by Crippen LogP contribution is 2.32. The molecule has 34 heavy (non-hydrogen) atoms. The fourth-order valence-corrected chi connectivity index (χ4v) is 3.99. The van der Waals surface area contributed by atoms with Crippen molar-refractivity contribution in [2.24, 2.45) is 0 Å². The van der Waals surface area contributed by atoms with Gasteiger partial charge in [0.2, 0.25) is 5.88 Å². The maximum atomic E-state index is 13.8. The predicted molar refractivity (Wildman–Crippen MR) is 126 cm³/mol. The van der Waals surface area contributed by atoms with Crippen molar-refractivity contribution in [1.82, 2.24) is 24.4 Å². The molecule has 4 heterocycles. The summed E-state index contributed by atoms with van der Waals surface area (Å²) in [5.41, 5.74) is 3.42. The van der Waals surface area contributed by atoms with E-state index in [0.717, 1.165) is 22.5 Å². The molecule has 174 valence electrons. The van der Waals surface area contributed by atoms with Crippen molar-refractivity contribution >= 4 is 11.6 Å². The number of fused-ring (bicyclic) bond motifs is 1. The largest absolute Gasteiger partial charge is 0.494 e. The van der Waals surface area contributed by atoms with E-state index in [9.17, 15) is 4.39 Å². The molecular formula is C25H25FN6O2. The maximum absolute atomic E-state index is 13.8. The molecule has 0 aliphatic carbocycles. The first-order valence-electron chi connectivity index (χ1n) is 10.9. The molecular weight excluding hydrogens is 435 g/mol. The molecule has 0 bridgehead atoms. The van der Waals surface area contributed by atoms with Crippen LogP contribution in [0.4, 0.5) is 16.0 Å².